The van der Waals surface area contributed by atoms with Crippen molar-refractivity contribution in [3.63, 3.8) is 0 Å². The first-order chi connectivity index (χ1) is 6.27. The summed E-state index contributed by atoms with van der Waals surface area (Å²) in [6.45, 7) is 4.92. The number of nitrogens with zero attached hydrogens (tertiary/aromatic N) is 1. The molecule has 1 heterocycles. The minimum absolute atomic E-state index is 0.244. The number of hydrogen-bond acceptors (Lipinski definition) is 3. The van der Waals surface area contributed by atoms with E-state index in [1.54, 1.807) is 7.11 Å². The minimum Gasteiger partial charge on any atom is -0.383 e. The van der Waals surface area contributed by atoms with E-state index < -0.39 is 0 Å². The van der Waals surface area contributed by atoms with Crippen LogP contribution in [0.3, 0.4) is 0 Å². The molecule has 3 nitrogen and oxygen atoms in total. The smallest absolute Gasteiger partial charge is 0.124 e. The zero-order valence-corrected chi connectivity index (χ0v) is 8.53. The Hall–Kier alpha value is -0.410. The molecule has 0 N–H and O–H groups in total. The number of methoxy groups -OCH3 is 1. The topological polar surface area (TPSA) is 29.5 Å². The van der Waals surface area contributed by atoms with Crippen LogP contribution >= 0.6 is 0 Å². The number of carbonyl (C=O) groups excluding carboxylic acids is 1. The summed E-state index contributed by atoms with van der Waals surface area (Å²) in [5, 5.41) is 0. The number of carbonyl (C=O) groups is 1. The van der Waals surface area contributed by atoms with Gasteiger partial charge >= 0.3 is 0 Å². The SMILES string of the molecule is COCC(C)N1CCCC(C=O)C1. The summed E-state index contributed by atoms with van der Waals surface area (Å²) in [5.74, 6) is 0.244. The Bertz CT molecular complexity index is 161. The van der Waals surface area contributed by atoms with E-state index in [1.165, 1.54) is 0 Å². The zero-order valence-electron chi connectivity index (χ0n) is 8.53. The maximum Gasteiger partial charge on any atom is 0.124 e. The number of likely N-dealkylation sites (tertiary alicyclic amines) is 1. The van der Waals surface area contributed by atoms with Crippen LogP contribution in [0.4, 0.5) is 0 Å². The van der Waals surface area contributed by atoms with Gasteiger partial charge in [0.15, 0.2) is 0 Å². The van der Waals surface area contributed by atoms with Crippen molar-refractivity contribution in [3.8, 4) is 0 Å². The lowest BCUT2D eigenvalue weighted by atomic mass is 9.98. The Balaban J connectivity index is 2.36. The molecule has 2 atom stereocenters. The molecule has 3 heteroatoms. The monoisotopic (exact) mass is 185 g/mol. The average molecular weight is 185 g/mol. The van der Waals surface area contributed by atoms with Gasteiger partial charge in [-0.05, 0) is 26.3 Å². The van der Waals surface area contributed by atoms with Gasteiger partial charge in [0.2, 0.25) is 0 Å². The molecule has 76 valence electrons. The number of piperidine rings is 1. The van der Waals surface area contributed by atoms with Crippen molar-refractivity contribution in [2.75, 3.05) is 26.8 Å². The van der Waals surface area contributed by atoms with Crippen molar-refractivity contribution in [2.45, 2.75) is 25.8 Å². The Morgan fingerprint density at radius 1 is 1.69 bits per heavy atom. The Morgan fingerprint density at radius 3 is 3.08 bits per heavy atom. The summed E-state index contributed by atoms with van der Waals surface area (Å²) < 4.78 is 5.10. The molecular formula is C10H19NO2. The maximum atomic E-state index is 10.6. The Morgan fingerprint density at radius 2 is 2.46 bits per heavy atom. The van der Waals surface area contributed by atoms with Crippen molar-refractivity contribution in [2.24, 2.45) is 5.92 Å². The second-order valence-corrected chi connectivity index (χ2v) is 3.84. The zero-order chi connectivity index (χ0) is 9.68. The van der Waals surface area contributed by atoms with Crippen LogP contribution in [0.2, 0.25) is 0 Å². The lowest BCUT2D eigenvalue weighted by Crippen LogP contribution is -2.43. The van der Waals surface area contributed by atoms with Gasteiger partial charge in [0.1, 0.15) is 6.29 Å². The van der Waals surface area contributed by atoms with E-state index in [-0.39, 0.29) is 5.92 Å². The van der Waals surface area contributed by atoms with Crippen LogP contribution in [0.25, 0.3) is 0 Å². The van der Waals surface area contributed by atoms with Gasteiger partial charge in [-0.15, -0.1) is 0 Å². The van der Waals surface area contributed by atoms with Crippen LogP contribution in [-0.4, -0.2) is 44.0 Å². The molecule has 0 aromatic rings. The Kier molecular flexibility index (Phi) is 4.39. The van der Waals surface area contributed by atoms with Crippen LogP contribution in [-0.2, 0) is 9.53 Å². The average Bonchev–Trinajstić information content (AvgIpc) is 2.18. The van der Waals surface area contributed by atoms with Gasteiger partial charge in [-0.1, -0.05) is 0 Å². The largest absolute Gasteiger partial charge is 0.383 e. The second kappa shape index (κ2) is 5.35. The van der Waals surface area contributed by atoms with Crippen molar-refractivity contribution in [1.29, 1.82) is 0 Å². The lowest BCUT2D eigenvalue weighted by Gasteiger charge is -2.34. The molecule has 0 amide bonds. The predicted octanol–water partition coefficient (Wildman–Crippen LogP) is 0.932. The van der Waals surface area contributed by atoms with E-state index >= 15 is 0 Å². The number of aldehydes is 1. The van der Waals surface area contributed by atoms with Gasteiger partial charge in [0, 0.05) is 25.6 Å². The highest BCUT2D eigenvalue weighted by Crippen LogP contribution is 2.16. The van der Waals surface area contributed by atoms with Gasteiger partial charge < -0.3 is 9.53 Å². The molecule has 1 fully saturated rings. The summed E-state index contributed by atoms with van der Waals surface area (Å²) in [6, 6.07) is 0.438. The van der Waals surface area contributed by atoms with Crippen LogP contribution in [0.15, 0.2) is 0 Å². The molecule has 1 rings (SSSR count). The first-order valence-corrected chi connectivity index (χ1v) is 4.96. The summed E-state index contributed by atoms with van der Waals surface area (Å²) in [7, 11) is 1.72. The molecule has 0 aromatic carbocycles. The molecule has 0 saturated carbocycles. The normalized spacial score (nSPS) is 27.1. The highest BCUT2D eigenvalue weighted by Gasteiger charge is 2.22. The third kappa shape index (κ3) is 3.08. The quantitative estimate of drug-likeness (QED) is 0.610. The Labute approximate surface area is 80.1 Å². The van der Waals surface area contributed by atoms with Crippen molar-refractivity contribution >= 4 is 6.29 Å². The minimum atomic E-state index is 0.244. The van der Waals surface area contributed by atoms with Gasteiger partial charge in [0.25, 0.3) is 0 Å². The molecule has 0 bridgehead atoms. The summed E-state index contributed by atoms with van der Waals surface area (Å²) in [5.41, 5.74) is 0. The maximum absolute atomic E-state index is 10.6. The molecule has 1 aliphatic heterocycles. The lowest BCUT2D eigenvalue weighted by molar-refractivity contribution is -0.113. The standard InChI is InChI=1S/C10H19NO2/c1-9(8-13-2)11-5-3-4-10(6-11)7-12/h7,9-10H,3-6,8H2,1-2H3. The number of rotatable bonds is 4. The second-order valence-electron chi connectivity index (χ2n) is 3.84. The fourth-order valence-electron chi connectivity index (χ4n) is 1.90. The molecule has 0 radical (unpaired) electrons. The van der Waals surface area contributed by atoms with E-state index in [4.69, 9.17) is 4.74 Å². The fourth-order valence-corrected chi connectivity index (χ4v) is 1.90. The third-order valence-corrected chi connectivity index (χ3v) is 2.71. The molecule has 0 aromatic heterocycles. The highest BCUT2D eigenvalue weighted by molar-refractivity contribution is 5.53. The van der Waals surface area contributed by atoms with Crippen LogP contribution < -0.4 is 0 Å². The van der Waals surface area contributed by atoms with E-state index in [1.807, 2.05) is 0 Å². The van der Waals surface area contributed by atoms with Gasteiger partial charge in [-0.3, -0.25) is 4.90 Å². The molecule has 1 aliphatic rings. The van der Waals surface area contributed by atoms with E-state index in [0.29, 0.717) is 6.04 Å². The summed E-state index contributed by atoms with van der Waals surface area (Å²) >= 11 is 0. The fraction of sp³-hybridized carbons (Fsp3) is 0.900. The van der Waals surface area contributed by atoms with Crippen molar-refractivity contribution < 1.29 is 9.53 Å². The first kappa shape index (κ1) is 10.7. The van der Waals surface area contributed by atoms with E-state index in [2.05, 4.69) is 11.8 Å². The third-order valence-electron chi connectivity index (χ3n) is 2.71. The van der Waals surface area contributed by atoms with Gasteiger partial charge in [-0.25, -0.2) is 0 Å². The van der Waals surface area contributed by atoms with E-state index in [9.17, 15) is 4.79 Å². The number of ether oxygens (including phenoxy) is 1. The van der Waals surface area contributed by atoms with Crippen LogP contribution in [0, 0.1) is 5.92 Å². The van der Waals surface area contributed by atoms with Gasteiger partial charge in [0.05, 0.1) is 6.61 Å². The van der Waals surface area contributed by atoms with Crippen molar-refractivity contribution in [3.05, 3.63) is 0 Å². The molecule has 1 saturated heterocycles. The first-order valence-electron chi connectivity index (χ1n) is 4.96. The number of hydrogen-bond donors (Lipinski definition) is 0. The van der Waals surface area contributed by atoms with E-state index in [0.717, 1.165) is 38.8 Å². The highest BCUT2D eigenvalue weighted by atomic mass is 16.5. The molecule has 0 spiro atoms. The summed E-state index contributed by atoms with van der Waals surface area (Å²) in [4.78, 5) is 13.0. The molecule has 0 aliphatic carbocycles. The summed E-state index contributed by atoms with van der Waals surface area (Å²) in [6.07, 6.45) is 3.28. The van der Waals surface area contributed by atoms with Crippen LogP contribution in [0.5, 0.6) is 0 Å². The molecular weight excluding hydrogens is 166 g/mol. The van der Waals surface area contributed by atoms with Crippen molar-refractivity contribution in [1.82, 2.24) is 4.90 Å². The predicted molar refractivity (Wildman–Crippen MR) is 51.7 cm³/mol. The van der Waals surface area contributed by atoms with Crippen LogP contribution in [0.1, 0.15) is 19.8 Å². The van der Waals surface area contributed by atoms with Gasteiger partial charge in [-0.2, -0.15) is 0 Å². The molecule has 2 unspecified atom stereocenters. The molecule has 13 heavy (non-hydrogen) atoms.